The molecule has 2 aromatic carbocycles. The molecule has 0 saturated carbocycles. The van der Waals surface area contributed by atoms with Crippen LogP contribution in [0.3, 0.4) is 0 Å². The summed E-state index contributed by atoms with van der Waals surface area (Å²) >= 11 is 0. The molecule has 0 unspecified atom stereocenters. The van der Waals surface area contributed by atoms with Crippen molar-refractivity contribution in [1.29, 1.82) is 0 Å². The minimum Gasteiger partial charge on any atom is -0.507 e. The van der Waals surface area contributed by atoms with Crippen molar-refractivity contribution in [2.75, 3.05) is 0 Å². The molecule has 0 aromatic heterocycles. The third-order valence-corrected chi connectivity index (χ3v) is 5.53. The van der Waals surface area contributed by atoms with E-state index in [4.69, 9.17) is 0 Å². The van der Waals surface area contributed by atoms with Crippen LogP contribution in [0.25, 0.3) is 11.1 Å². The topological polar surface area (TPSA) is 20.2 Å². The average molecular weight is 367 g/mol. The standard InChI is InChI=1S/C26H38O/c1-3-5-7-8-9-10-11-15-19-24-22(16-6-4-2)20-21-25(27)26(24)23-17-13-12-14-18-23/h12-14,17-18,20-21,27H,3-11,15-16,19H2,1-2H3. The van der Waals surface area contributed by atoms with Crippen LogP contribution in [0.4, 0.5) is 0 Å². The highest BCUT2D eigenvalue weighted by atomic mass is 16.3. The van der Waals surface area contributed by atoms with Crippen LogP contribution in [0.2, 0.25) is 0 Å². The Labute approximate surface area is 166 Å². The fraction of sp³-hybridized carbons (Fsp3) is 0.538. The number of hydrogen-bond donors (Lipinski definition) is 1. The van der Waals surface area contributed by atoms with Gasteiger partial charge in [0, 0.05) is 5.56 Å². The van der Waals surface area contributed by atoms with Crippen LogP contribution in [-0.4, -0.2) is 5.11 Å². The molecule has 1 nitrogen and oxygen atoms in total. The zero-order chi connectivity index (χ0) is 19.3. The number of phenolic OH excluding ortho intramolecular Hbond substituents is 1. The van der Waals surface area contributed by atoms with E-state index < -0.39 is 0 Å². The minimum atomic E-state index is 0.427. The first kappa shape index (κ1) is 21.5. The third kappa shape index (κ3) is 7.05. The summed E-state index contributed by atoms with van der Waals surface area (Å²) in [6.07, 6.45) is 15.3. The second-order valence-electron chi connectivity index (χ2n) is 7.79. The van der Waals surface area contributed by atoms with E-state index in [9.17, 15) is 5.11 Å². The second-order valence-corrected chi connectivity index (χ2v) is 7.79. The number of hydrogen-bond acceptors (Lipinski definition) is 1. The Bertz CT molecular complexity index is 645. The fourth-order valence-electron chi connectivity index (χ4n) is 3.93. The van der Waals surface area contributed by atoms with Crippen LogP contribution < -0.4 is 0 Å². The molecule has 0 radical (unpaired) electrons. The first-order valence-corrected chi connectivity index (χ1v) is 11.2. The predicted molar refractivity (Wildman–Crippen MR) is 118 cm³/mol. The monoisotopic (exact) mass is 366 g/mol. The number of aryl methyl sites for hydroxylation is 1. The molecule has 0 fully saturated rings. The SMILES string of the molecule is CCCCCCCCCCc1c(CCCC)ccc(O)c1-c1ccccc1. The molecule has 27 heavy (non-hydrogen) atoms. The third-order valence-electron chi connectivity index (χ3n) is 5.53. The van der Waals surface area contributed by atoms with E-state index in [1.54, 1.807) is 0 Å². The van der Waals surface area contributed by atoms with Gasteiger partial charge >= 0.3 is 0 Å². The van der Waals surface area contributed by atoms with Gasteiger partial charge in [-0.2, -0.15) is 0 Å². The molecule has 148 valence electrons. The Morgan fingerprint density at radius 3 is 1.93 bits per heavy atom. The lowest BCUT2D eigenvalue weighted by Crippen LogP contribution is -1.99. The molecule has 0 spiro atoms. The van der Waals surface area contributed by atoms with Crippen molar-refractivity contribution in [1.82, 2.24) is 0 Å². The smallest absolute Gasteiger partial charge is 0.123 e. The van der Waals surface area contributed by atoms with Crippen molar-refractivity contribution in [3.63, 3.8) is 0 Å². The van der Waals surface area contributed by atoms with Gasteiger partial charge in [0.15, 0.2) is 0 Å². The molecule has 0 aliphatic heterocycles. The lowest BCUT2D eigenvalue weighted by Gasteiger charge is -2.17. The Kier molecular flexibility index (Phi) is 10.0. The van der Waals surface area contributed by atoms with E-state index in [2.05, 4.69) is 44.2 Å². The van der Waals surface area contributed by atoms with Crippen molar-refractivity contribution >= 4 is 0 Å². The lowest BCUT2D eigenvalue weighted by atomic mass is 9.89. The lowest BCUT2D eigenvalue weighted by molar-refractivity contribution is 0.476. The summed E-state index contributed by atoms with van der Waals surface area (Å²) in [5.74, 6) is 0.427. The highest BCUT2D eigenvalue weighted by molar-refractivity contribution is 5.75. The van der Waals surface area contributed by atoms with Crippen LogP contribution in [0.5, 0.6) is 5.75 Å². The first-order chi connectivity index (χ1) is 13.3. The van der Waals surface area contributed by atoms with Crippen molar-refractivity contribution in [2.45, 2.75) is 90.9 Å². The molecule has 1 heteroatoms. The highest BCUT2D eigenvalue weighted by Gasteiger charge is 2.14. The van der Waals surface area contributed by atoms with E-state index in [0.717, 1.165) is 24.0 Å². The van der Waals surface area contributed by atoms with Crippen LogP contribution in [-0.2, 0) is 12.8 Å². The molecular weight excluding hydrogens is 328 g/mol. The van der Waals surface area contributed by atoms with E-state index in [1.807, 2.05) is 12.1 Å². The number of rotatable bonds is 13. The Balaban J connectivity index is 2.06. The Hall–Kier alpha value is -1.76. The summed E-state index contributed by atoms with van der Waals surface area (Å²) in [4.78, 5) is 0. The van der Waals surface area contributed by atoms with Crippen molar-refractivity contribution in [3.8, 4) is 16.9 Å². The molecule has 0 aliphatic rings. The zero-order valence-electron chi connectivity index (χ0n) is 17.5. The first-order valence-electron chi connectivity index (χ1n) is 11.2. The van der Waals surface area contributed by atoms with E-state index >= 15 is 0 Å². The van der Waals surface area contributed by atoms with Gasteiger partial charge in [0.25, 0.3) is 0 Å². The Morgan fingerprint density at radius 1 is 0.630 bits per heavy atom. The molecule has 0 heterocycles. The molecule has 2 rings (SSSR count). The van der Waals surface area contributed by atoms with Gasteiger partial charge in [-0.1, -0.05) is 102 Å². The molecule has 0 atom stereocenters. The van der Waals surface area contributed by atoms with E-state index in [0.29, 0.717) is 5.75 Å². The van der Waals surface area contributed by atoms with Gasteiger partial charge in [-0.05, 0) is 48.4 Å². The van der Waals surface area contributed by atoms with Gasteiger partial charge < -0.3 is 5.11 Å². The summed E-state index contributed by atoms with van der Waals surface area (Å²) < 4.78 is 0. The predicted octanol–water partition coefficient (Wildman–Crippen LogP) is 8.09. The summed E-state index contributed by atoms with van der Waals surface area (Å²) in [6.45, 7) is 4.52. The maximum absolute atomic E-state index is 10.6. The van der Waals surface area contributed by atoms with Crippen LogP contribution in [0.1, 0.15) is 89.2 Å². The molecule has 0 aliphatic carbocycles. The van der Waals surface area contributed by atoms with Crippen LogP contribution in [0, 0.1) is 0 Å². The largest absolute Gasteiger partial charge is 0.507 e. The highest BCUT2D eigenvalue weighted by Crippen LogP contribution is 2.36. The number of benzene rings is 2. The van der Waals surface area contributed by atoms with Gasteiger partial charge in [-0.25, -0.2) is 0 Å². The maximum atomic E-state index is 10.6. The van der Waals surface area contributed by atoms with Crippen molar-refractivity contribution in [2.24, 2.45) is 0 Å². The van der Waals surface area contributed by atoms with Gasteiger partial charge in [-0.3, -0.25) is 0 Å². The van der Waals surface area contributed by atoms with E-state index in [-0.39, 0.29) is 0 Å². The summed E-state index contributed by atoms with van der Waals surface area (Å²) in [7, 11) is 0. The van der Waals surface area contributed by atoms with Gasteiger partial charge in [0.1, 0.15) is 5.75 Å². The Morgan fingerprint density at radius 2 is 1.26 bits per heavy atom. The molecular formula is C26H38O. The molecule has 0 bridgehead atoms. The fourth-order valence-corrected chi connectivity index (χ4v) is 3.93. The number of aromatic hydroxyl groups is 1. The maximum Gasteiger partial charge on any atom is 0.123 e. The van der Waals surface area contributed by atoms with Gasteiger partial charge in [-0.15, -0.1) is 0 Å². The van der Waals surface area contributed by atoms with Crippen LogP contribution >= 0.6 is 0 Å². The minimum absolute atomic E-state index is 0.427. The second kappa shape index (κ2) is 12.6. The van der Waals surface area contributed by atoms with Gasteiger partial charge in [0.05, 0.1) is 0 Å². The van der Waals surface area contributed by atoms with E-state index in [1.165, 1.54) is 75.3 Å². The molecule has 1 N–H and O–H groups in total. The summed E-state index contributed by atoms with van der Waals surface area (Å²) in [6, 6.07) is 14.5. The van der Waals surface area contributed by atoms with Gasteiger partial charge in [0.2, 0.25) is 0 Å². The summed E-state index contributed by atoms with van der Waals surface area (Å²) in [5, 5.41) is 10.6. The van der Waals surface area contributed by atoms with Crippen LogP contribution in [0.15, 0.2) is 42.5 Å². The summed E-state index contributed by atoms with van der Waals surface area (Å²) in [5.41, 5.74) is 5.01. The average Bonchev–Trinajstić information content (AvgIpc) is 2.70. The molecule has 0 saturated heterocycles. The molecule has 2 aromatic rings. The quantitative estimate of drug-likeness (QED) is 0.355. The normalized spacial score (nSPS) is 11.0. The molecule has 0 amide bonds. The number of phenols is 1. The van der Waals surface area contributed by atoms with Crippen molar-refractivity contribution < 1.29 is 5.11 Å². The van der Waals surface area contributed by atoms with Crippen molar-refractivity contribution in [3.05, 3.63) is 53.6 Å². The number of unbranched alkanes of at least 4 members (excludes halogenated alkanes) is 8. The zero-order valence-corrected chi connectivity index (χ0v) is 17.5.